The van der Waals surface area contributed by atoms with E-state index in [1.54, 1.807) is 6.08 Å². The van der Waals surface area contributed by atoms with Gasteiger partial charge in [0.2, 0.25) is 5.91 Å². The molecule has 0 bridgehead atoms. The summed E-state index contributed by atoms with van der Waals surface area (Å²) in [6, 6.07) is -1.02. The fourth-order valence-electron chi connectivity index (χ4n) is 11.4. The lowest BCUT2D eigenvalue weighted by Crippen LogP contribution is -2.61. The smallest absolute Gasteiger partial charge is 0.306 e. The maximum absolute atomic E-state index is 13.5. The summed E-state index contributed by atoms with van der Waals surface area (Å²) in [7, 11) is 0. The minimum atomic E-state index is -1.62. The van der Waals surface area contributed by atoms with Crippen molar-refractivity contribution in [2.24, 2.45) is 0 Å². The number of allylic oxidation sites excluding steroid dienone is 7. The predicted octanol–water partition coefficient (Wildman–Crippen LogP) is 18.7. The second-order valence-corrected chi connectivity index (χ2v) is 25.3. The second-order valence-electron chi connectivity index (χ2n) is 25.3. The van der Waals surface area contributed by atoms with E-state index in [4.69, 9.17) is 14.2 Å². The number of carbonyl (C=O) groups excluding carboxylic acids is 2. The number of hydrogen-bond donors (Lipinski definition) is 6. The van der Waals surface area contributed by atoms with Crippen molar-refractivity contribution >= 4 is 11.9 Å². The average Bonchev–Trinajstić information content (AvgIpc) is 2.49. The third-order valence-electron chi connectivity index (χ3n) is 17.2. The lowest BCUT2D eigenvalue weighted by molar-refractivity contribution is -0.305. The van der Waals surface area contributed by atoms with Crippen molar-refractivity contribution in [3.8, 4) is 0 Å². The van der Waals surface area contributed by atoms with E-state index >= 15 is 0 Å². The molecule has 0 aromatic heterocycles. The molecular weight excluding hydrogens is 1060 g/mol. The van der Waals surface area contributed by atoms with Gasteiger partial charge in [0.15, 0.2) is 12.4 Å². The van der Waals surface area contributed by atoms with Crippen LogP contribution in [0.2, 0.25) is 0 Å². The van der Waals surface area contributed by atoms with Crippen molar-refractivity contribution < 1.29 is 49.3 Å². The SMILES string of the molecule is CCCCC/C=C\C/C=C\CCCCCCCCCCCC(=O)OC1C(OCC(NC(=O)C(O)CCCCCCCCCCCCCCCC/C=C/CCCCCCCC)C(O)/C=C/CCCCCCCCCCCCC)OC(CO)C(O)C1O. The molecule has 1 fully saturated rings. The van der Waals surface area contributed by atoms with Gasteiger partial charge in [0.05, 0.1) is 25.4 Å². The third-order valence-corrected chi connectivity index (χ3v) is 17.2. The summed E-state index contributed by atoms with van der Waals surface area (Å²) < 4.78 is 17.7. The number of rotatable bonds is 63. The molecule has 1 saturated heterocycles. The Morgan fingerprint density at radius 1 is 0.459 bits per heavy atom. The van der Waals surface area contributed by atoms with E-state index in [0.29, 0.717) is 19.3 Å². The maximum atomic E-state index is 13.5. The quantitative estimate of drug-likeness (QED) is 0.0195. The Morgan fingerprint density at radius 2 is 0.812 bits per heavy atom. The van der Waals surface area contributed by atoms with Crippen LogP contribution < -0.4 is 5.32 Å². The van der Waals surface area contributed by atoms with Crippen LogP contribution >= 0.6 is 0 Å². The van der Waals surface area contributed by atoms with Crippen LogP contribution in [0.25, 0.3) is 0 Å². The van der Waals surface area contributed by atoms with Crippen molar-refractivity contribution in [2.75, 3.05) is 13.2 Å². The largest absolute Gasteiger partial charge is 0.454 e. The molecule has 0 saturated carbocycles. The van der Waals surface area contributed by atoms with Gasteiger partial charge in [-0.3, -0.25) is 9.59 Å². The van der Waals surface area contributed by atoms with Crippen molar-refractivity contribution in [3.05, 3.63) is 48.6 Å². The summed E-state index contributed by atoms with van der Waals surface area (Å²) >= 11 is 0. The molecule has 0 aromatic rings. The maximum Gasteiger partial charge on any atom is 0.306 e. The average molecular weight is 1200 g/mol. The van der Waals surface area contributed by atoms with E-state index in [-0.39, 0.29) is 13.0 Å². The van der Waals surface area contributed by atoms with E-state index < -0.39 is 67.4 Å². The normalized spacial score (nSPS) is 18.6. The molecular formula is C74H137NO10. The molecule has 0 aliphatic carbocycles. The first-order valence-electron chi connectivity index (χ1n) is 36.4. The number of amides is 1. The first kappa shape index (κ1) is 80.6. The highest BCUT2D eigenvalue weighted by Gasteiger charge is 2.47. The van der Waals surface area contributed by atoms with E-state index in [0.717, 1.165) is 70.6 Å². The van der Waals surface area contributed by atoms with E-state index in [1.165, 1.54) is 231 Å². The third kappa shape index (κ3) is 49.1. The minimum absolute atomic E-state index is 0.120. The van der Waals surface area contributed by atoms with E-state index in [2.05, 4.69) is 62.5 Å². The van der Waals surface area contributed by atoms with Crippen LogP contribution in [-0.4, -0.2) is 99.6 Å². The van der Waals surface area contributed by atoms with Crippen LogP contribution in [0.5, 0.6) is 0 Å². The summed E-state index contributed by atoms with van der Waals surface area (Å²) in [5.74, 6) is -1.19. The molecule has 0 radical (unpaired) electrons. The molecule has 85 heavy (non-hydrogen) atoms. The van der Waals surface area contributed by atoms with Gasteiger partial charge >= 0.3 is 5.97 Å². The highest BCUT2D eigenvalue weighted by molar-refractivity contribution is 5.80. The number of hydrogen-bond acceptors (Lipinski definition) is 10. The minimum Gasteiger partial charge on any atom is -0.454 e. The van der Waals surface area contributed by atoms with Gasteiger partial charge in [-0.15, -0.1) is 0 Å². The fourth-order valence-corrected chi connectivity index (χ4v) is 11.4. The molecule has 11 heteroatoms. The zero-order valence-electron chi connectivity index (χ0n) is 55.5. The van der Waals surface area contributed by atoms with Crippen LogP contribution in [0, 0.1) is 0 Å². The summed E-state index contributed by atoms with van der Waals surface area (Å²) in [5.41, 5.74) is 0. The van der Waals surface area contributed by atoms with Gasteiger partial charge in [-0.25, -0.2) is 0 Å². The first-order chi connectivity index (χ1) is 41.7. The number of nitrogens with one attached hydrogen (secondary N) is 1. The molecule has 8 unspecified atom stereocenters. The fraction of sp³-hybridized carbons (Fsp3) is 0.865. The van der Waals surface area contributed by atoms with Crippen molar-refractivity contribution in [1.82, 2.24) is 5.32 Å². The molecule has 1 heterocycles. The van der Waals surface area contributed by atoms with E-state index in [9.17, 15) is 35.1 Å². The number of ether oxygens (including phenoxy) is 3. The molecule has 8 atom stereocenters. The van der Waals surface area contributed by atoms with Crippen molar-refractivity contribution in [3.63, 3.8) is 0 Å². The standard InChI is InChI=1S/C74H137NO10/c1-4-7-10-13-16-19-22-25-27-29-31-32-33-34-35-37-38-40-43-46-49-52-55-58-61-67(78)73(82)75-65(66(77)60-57-54-51-48-45-42-24-21-18-15-12-9-6-3)64-83-74-72(71(81)70(80)68(63-76)84-74)85-69(79)62-59-56-53-50-47-44-41-39-36-30-28-26-23-20-17-14-11-8-5-2/h17,20,25-28,57,60,65-68,70-72,74,76-78,80-81H,4-16,18-19,21-24,29-56,58-59,61-64H2,1-3H3,(H,75,82)/b20-17-,27-25+,28-26-,60-57+. The number of aliphatic hydroxyl groups is 5. The number of esters is 1. The van der Waals surface area contributed by atoms with Gasteiger partial charge in [-0.2, -0.15) is 0 Å². The molecule has 0 spiro atoms. The topological polar surface area (TPSA) is 175 Å². The number of carbonyl (C=O) groups is 2. The number of aliphatic hydroxyl groups excluding tert-OH is 5. The lowest BCUT2D eigenvalue weighted by atomic mass is 9.99. The number of unbranched alkanes of at least 4 members (excludes halogenated alkanes) is 43. The predicted molar refractivity (Wildman–Crippen MR) is 357 cm³/mol. The first-order valence-corrected chi connectivity index (χ1v) is 36.4. The van der Waals surface area contributed by atoms with Gasteiger partial charge in [0.25, 0.3) is 0 Å². The monoisotopic (exact) mass is 1200 g/mol. The Bertz CT molecular complexity index is 1570. The highest BCUT2D eigenvalue weighted by Crippen LogP contribution is 2.26. The van der Waals surface area contributed by atoms with Crippen LogP contribution in [-0.2, 0) is 23.8 Å². The Balaban J connectivity index is 2.57. The van der Waals surface area contributed by atoms with Gasteiger partial charge in [0, 0.05) is 6.42 Å². The van der Waals surface area contributed by atoms with Crippen molar-refractivity contribution in [2.45, 2.75) is 397 Å². The van der Waals surface area contributed by atoms with Crippen LogP contribution in [0.3, 0.4) is 0 Å². The Kier molecular flexibility index (Phi) is 58.7. The summed E-state index contributed by atoms with van der Waals surface area (Å²) in [4.78, 5) is 26.7. The Hall–Kier alpha value is -2.38. The molecule has 1 rings (SSSR count). The summed E-state index contributed by atoms with van der Waals surface area (Å²) in [6.07, 6.45) is 67.2. The van der Waals surface area contributed by atoms with Crippen LogP contribution in [0.4, 0.5) is 0 Å². The zero-order valence-corrected chi connectivity index (χ0v) is 55.5. The van der Waals surface area contributed by atoms with Gasteiger partial charge in [0.1, 0.15) is 24.4 Å². The molecule has 0 aromatic carbocycles. The molecule has 498 valence electrons. The van der Waals surface area contributed by atoms with Crippen LogP contribution in [0.15, 0.2) is 48.6 Å². The van der Waals surface area contributed by atoms with Gasteiger partial charge in [-0.1, -0.05) is 307 Å². The van der Waals surface area contributed by atoms with Gasteiger partial charge in [-0.05, 0) is 83.5 Å². The highest BCUT2D eigenvalue weighted by atomic mass is 16.7. The summed E-state index contributed by atoms with van der Waals surface area (Å²) in [6.45, 7) is 5.81. The Labute approximate surface area is 523 Å². The van der Waals surface area contributed by atoms with Crippen LogP contribution in [0.1, 0.15) is 348 Å². The van der Waals surface area contributed by atoms with Gasteiger partial charge < -0.3 is 45.1 Å². The summed E-state index contributed by atoms with van der Waals surface area (Å²) in [5, 5.41) is 57.3. The second kappa shape index (κ2) is 61.8. The van der Waals surface area contributed by atoms with E-state index in [1.807, 2.05) is 6.08 Å². The molecule has 1 amide bonds. The molecule has 1 aliphatic heterocycles. The Morgan fingerprint density at radius 3 is 1.24 bits per heavy atom. The lowest BCUT2D eigenvalue weighted by Gasteiger charge is -2.41. The van der Waals surface area contributed by atoms with Crippen molar-refractivity contribution in [1.29, 1.82) is 0 Å². The molecule has 11 nitrogen and oxygen atoms in total. The zero-order chi connectivity index (χ0) is 61.7. The molecule has 6 N–H and O–H groups in total. The molecule has 1 aliphatic rings.